The lowest BCUT2D eigenvalue weighted by molar-refractivity contribution is -0.124. The van der Waals surface area contributed by atoms with Crippen molar-refractivity contribution in [2.24, 2.45) is 5.92 Å². The first-order chi connectivity index (χ1) is 11.5. The molecule has 0 aromatic heterocycles. The molecule has 0 aliphatic heterocycles. The molecule has 24 heavy (non-hydrogen) atoms. The first-order valence-corrected chi connectivity index (χ1v) is 9.37. The fraction of sp³-hybridized carbons (Fsp3) is 0.556. The van der Waals surface area contributed by atoms with Gasteiger partial charge in [0.1, 0.15) is 5.88 Å². The van der Waals surface area contributed by atoms with Crippen LogP contribution < -0.4 is 10.2 Å². The number of alkyl halides is 2. The molecule has 1 unspecified atom stereocenters. The predicted molar refractivity (Wildman–Crippen MR) is 101 cm³/mol. The second-order valence-electron chi connectivity index (χ2n) is 5.66. The van der Waals surface area contributed by atoms with E-state index in [1.165, 1.54) is 0 Å². The number of carbonyl (C=O) groups is 2. The van der Waals surface area contributed by atoms with E-state index in [4.69, 9.17) is 23.2 Å². The lowest BCUT2D eigenvalue weighted by Crippen LogP contribution is -2.41. The molecule has 0 saturated heterocycles. The van der Waals surface area contributed by atoms with Crippen molar-refractivity contribution in [2.45, 2.75) is 33.6 Å². The van der Waals surface area contributed by atoms with Crippen LogP contribution in [0.5, 0.6) is 0 Å². The van der Waals surface area contributed by atoms with Crippen molar-refractivity contribution in [1.29, 1.82) is 0 Å². The first kappa shape index (κ1) is 20.8. The van der Waals surface area contributed by atoms with E-state index in [2.05, 4.69) is 19.2 Å². The minimum absolute atomic E-state index is 0.0900. The number of nitrogens with one attached hydrogen (secondary N) is 1. The summed E-state index contributed by atoms with van der Waals surface area (Å²) in [6.07, 6.45) is 1.65. The third-order valence-electron chi connectivity index (χ3n) is 3.96. The second kappa shape index (κ2) is 10.6. The van der Waals surface area contributed by atoms with Crippen molar-refractivity contribution in [3.05, 3.63) is 29.3 Å². The van der Waals surface area contributed by atoms with Crippen molar-refractivity contribution in [2.75, 3.05) is 29.7 Å². The topological polar surface area (TPSA) is 49.4 Å². The third-order valence-corrected chi connectivity index (χ3v) is 4.66. The molecule has 0 bridgehead atoms. The standard InChI is InChI=1S/C18H26Cl2N2O2/c1-4-14-7-6-8-15(5-2)17(14)22(16(23)12-20)10-9-21-18(24)13(3)11-19/h6-8,13H,4-5,9-12H2,1-3H3,(H,21,24). The Bertz CT molecular complexity index is 542. The van der Waals surface area contributed by atoms with Crippen molar-refractivity contribution in [1.82, 2.24) is 5.32 Å². The predicted octanol–water partition coefficient (Wildman–Crippen LogP) is 3.37. The molecule has 0 aliphatic carbocycles. The molecule has 4 nitrogen and oxygen atoms in total. The Morgan fingerprint density at radius 3 is 2.21 bits per heavy atom. The summed E-state index contributed by atoms with van der Waals surface area (Å²) in [4.78, 5) is 25.9. The molecule has 1 rings (SSSR count). The summed E-state index contributed by atoms with van der Waals surface area (Å²) in [5, 5.41) is 2.83. The average molecular weight is 373 g/mol. The average Bonchev–Trinajstić information content (AvgIpc) is 2.63. The van der Waals surface area contributed by atoms with Gasteiger partial charge >= 0.3 is 0 Å². The molecular formula is C18H26Cl2N2O2. The van der Waals surface area contributed by atoms with E-state index in [0.717, 1.165) is 29.7 Å². The van der Waals surface area contributed by atoms with Crippen LogP contribution in [0.1, 0.15) is 31.9 Å². The van der Waals surface area contributed by atoms with Crippen molar-refractivity contribution >= 4 is 40.7 Å². The number of aryl methyl sites for hydroxylation is 2. The number of para-hydroxylation sites is 1. The molecule has 0 fully saturated rings. The fourth-order valence-electron chi connectivity index (χ4n) is 2.53. The van der Waals surface area contributed by atoms with Gasteiger partial charge in [-0.2, -0.15) is 0 Å². The van der Waals surface area contributed by atoms with Gasteiger partial charge in [-0.15, -0.1) is 23.2 Å². The van der Waals surface area contributed by atoms with Crippen LogP contribution in [0.25, 0.3) is 0 Å². The molecule has 2 amide bonds. The third kappa shape index (κ3) is 5.38. The van der Waals surface area contributed by atoms with E-state index >= 15 is 0 Å². The Balaban J connectivity index is 2.99. The molecule has 0 spiro atoms. The van der Waals surface area contributed by atoms with Gasteiger partial charge < -0.3 is 10.2 Å². The molecule has 1 aromatic carbocycles. The van der Waals surface area contributed by atoms with Gasteiger partial charge in [0, 0.05) is 24.9 Å². The number of carbonyl (C=O) groups excluding carboxylic acids is 2. The number of anilines is 1. The summed E-state index contributed by atoms with van der Waals surface area (Å²) in [6, 6.07) is 6.06. The largest absolute Gasteiger partial charge is 0.354 e. The normalized spacial score (nSPS) is 11.9. The van der Waals surface area contributed by atoms with Gasteiger partial charge in [0.25, 0.3) is 0 Å². The summed E-state index contributed by atoms with van der Waals surface area (Å²) in [7, 11) is 0. The smallest absolute Gasteiger partial charge is 0.241 e. The Kier molecular flexibility index (Phi) is 9.16. The number of hydrogen-bond acceptors (Lipinski definition) is 2. The zero-order chi connectivity index (χ0) is 18.1. The zero-order valence-electron chi connectivity index (χ0n) is 14.6. The van der Waals surface area contributed by atoms with E-state index in [1.54, 1.807) is 11.8 Å². The molecule has 1 N–H and O–H groups in total. The van der Waals surface area contributed by atoms with Crippen molar-refractivity contribution in [3.63, 3.8) is 0 Å². The van der Waals surface area contributed by atoms with Crippen LogP contribution in [0, 0.1) is 5.92 Å². The summed E-state index contributed by atoms with van der Waals surface area (Å²) in [5.74, 6) is -0.338. The van der Waals surface area contributed by atoms with Crippen LogP contribution in [0.15, 0.2) is 18.2 Å². The molecule has 1 aromatic rings. The van der Waals surface area contributed by atoms with Gasteiger partial charge in [-0.05, 0) is 24.0 Å². The summed E-state index contributed by atoms with van der Waals surface area (Å²) < 4.78 is 0. The van der Waals surface area contributed by atoms with Gasteiger partial charge in [-0.1, -0.05) is 39.0 Å². The lowest BCUT2D eigenvalue weighted by atomic mass is 10.0. The van der Waals surface area contributed by atoms with E-state index in [-0.39, 0.29) is 29.5 Å². The molecular weight excluding hydrogens is 347 g/mol. The molecule has 0 heterocycles. The number of rotatable bonds is 9. The molecule has 134 valence electrons. The second-order valence-corrected chi connectivity index (χ2v) is 6.23. The molecule has 0 saturated carbocycles. The highest BCUT2D eigenvalue weighted by Crippen LogP contribution is 2.27. The minimum Gasteiger partial charge on any atom is -0.354 e. The SMILES string of the molecule is CCc1cccc(CC)c1N(CCNC(=O)C(C)CCl)C(=O)CCl. The van der Waals surface area contributed by atoms with Crippen LogP contribution in [0.2, 0.25) is 0 Å². The number of halogens is 2. The lowest BCUT2D eigenvalue weighted by Gasteiger charge is -2.27. The molecule has 0 aliphatic rings. The van der Waals surface area contributed by atoms with E-state index in [1.807, 2.05) is 18.2 Å². The highest BCUT2D eigenvalue weighted by Gasteiger charge is 2.20. The number of amides is 2. The Morgan fingerprint density at radius 2 is 1.75 bits per heavy atom. The van der Waals surface area contributed by atoms with E-state index in [9.17, 15) is 9.59 Å². The first-order valence-electron chi connectivity index (χ1n) is 8.30. The molecule has 1 atom stereocenters. The van der Waals surface area contributed by atoms with Crippen LogP contribution in [0.4, 0.5) is 5.69 Å². The zero-order valence-corrected chi connectivity index (χ0v) is 16.1. The number of hydrogen-bond donors (Lipinski definition) is 1. The van der Waals surface area contributed by atoms with E-state index in [0.29, 0.717) is 13.1 Å². The van der Waals surface area contributed by atoms with Crippen molar-refractivity contribution in [3.8, 4) is 0 Å². The van der Waals surface area contributed by atoms with Gasteiger partial charge in [-0.25, -0.2) is 0 Å². The van der Waals surface area contributed by atoms with E-state index < -0.39 is 0 Å². The van der Waals surface area contributed by atoms with Gasteiger partial charge in [0.15, 0.2) is 0 Å². The maximum absolute atomic E-state index is 12.4. The van der Waals surface area contributed by atoms with Gasteiger partial charge in [-0.3, -0.25) is 9.59 Å². The Labute approximate surface area is 154 Å². The minimum atomic E-state index is -0.252. The van der Waals surface area contributed by atoms with Gasteiger partial charge in [0.2, 0.25) is 11.8 Å². The highest BCUT2D eigenvalue weighted by atomic mass is 35.5. The Hall–Kier alpha value is -1.26. The maximum Gasteiger partial charge on any atom is 0.241 e. The van der Waals surface area contributed by atoms with Crippen molar-refractivity contribution < 1.29 is 9.59 Å². The summed E-state index contributed by atoms with van der Waals surface area (Å²) >= 11 is 11.5. The van der Waals surface area contributed by atoms with Gasteiger partial charge in [0.05, 0.1) is 5.69 Å². The maximum atomic E-state index is 12.4. The fourth-order valence-corrected chi connectivity index (χ4v) is 2.81. The molecule has 6 heteroatoms. The summed E-state index contributed by atoms with van der Waals surface area (Å²) in [6.45, 7) is 6.64. The summed E-state index contributed by atoms with van der Waals surface area (Å²) in [5.41, 5.74) is 3.13. The number of nitrogens with zero attached hydrogens (tertiary/aromatic N) is 1. The quantitative estimate of drug-likeness (QED) is 0.675. The highest BCUT2D eigenvalue weighted by molar-refractivity contribution is 6.29. The monoisotopic (exact) mass is 372 g/mol. The number of benzene rings is 1. The van der Waals surface area contributed by atoms with Crippen LogP contribution in [0.3, 0.4) is 0 Å². The Morgan fingerprint density at radius 1 is 1.17 bits per heavy atom. The van der Waals surface area contributed by atoms with Crippen LogP contribution in [-0.4, -0.2) is 36.7 Å². The van der Waals surface area contributed by atoms with Crippen LogP contribution in [-0.2, 0) is 22.4 Å². The van der Waals surface area contributed by atoms with Crippen LogP contribution >= 0.6 is 23.2 Å². The molecule has 0 radical (unpaired) electrons.